The second-order valence-corrected chi connectivity index (χ2v) is 5.64. The van der Waals surface area contributed by atoms with Gasteiger partial charge in [-0.05, 0) is 11.1 Å². The quantitative estimate of drug-likeness (QED) is 0.835. The minimum absolute atomic E-state index is 0.392. The number of hydrogen-bond donors (Lipinski definition) is 1. The average molecular weight is 242 g/mol. The smallest absolute Gasteiger partial charge is 0.211 e. The van der Waals surface area contributed by atoms with Gasteiger partial charge in [-0.15, -0.1) is 0 Å². The predicted molar refractivity (Wildman–Crippen MR) is 65.3 cm³/mol. The van der Waals surface area contributed by atoms with Crippen LogP contribution in [0.4, 0.5) is 0 Å². The Bertz CT molecular complexity index is 443. The van der Waals surface area contributed by atoms with Gasteiger partial charge in [0.1, 0.15) is 0 Å². The zero-order valence-electron chi connectivity index (χ0n) is 9.68. The maximum Gasteiger partial charge on any atom is 0.211 e. The van der Waals surface area contributed by atoms with E-state index in [1.807, 2.05) is 31.2 Å². The average Bonchev–Trinajstić information content (AvgIpc) is 2.24. The molecule has 4 nitrogen and oxygen atoms in total. The Balaban J connectivity index is 2.95. The van der Waals surface area contributed by atoms with Crippen LogP contribution in [0, 0.1) is 0 Å². The molecular formula is C11H18N2O2S. The highest BCUT2D eigenvalue weighted by Crippen LogP contribution is 2.12. The van der Waals surface area contributed by atoms with Gasteiger partial charge >= 0.3 is 0 Å². The highest BCUT2D eigenvalue weighted by atomic mass is 32.2. The second-order valence-electron chi connectivity index (χ2n) is 3.66. The van der Waals surface area contributed by atoms with Crippen LogP contribution in [0.2, 0.25) is 0 Å². The molecule has 0 bridgehead atoms. The van der Waals surface area contributed by atoms with Crippen LogP contribution in [-0.2, 0) is 23.1 Å². The molecule has 0 aliphatic heterocycles. The molecule has 0 fully saturated rings. The summed E-state index contributed by atoms with van der Waals surface area (Å²) in [7, 11) is -3.15. The number of nitrogens with two attached hydrogens (primary N) is 1. The lowest BCUT2D eigenvalue weighted by Gasteiger charge is -2.19. The Kier molecular flexibility index (Phi) is 4.46. The first-order valence-corrected chi connectivity index (χ1v) is 7.05. The Morgan fingerprint density at radius 2 is 1.81 bits per heavy atom. The maximum absolute atomic E-state index is 11.5. The van der Waals surface area contributed by atoms with Crippen molar-refractivity contribution in [3.05, 3.63) is 35.4 Å². The second kappa shape index (κ2) is 5.43. The summed E-state index contributed by atoms with van der Waals surface area (Å²) in [5.74, 6) is 0. The first kappa shape index (κ1) is 13.2. The summed E-state index contributed by atoms with van der Waals surface area (Å²) in [4.78, 5) is 0. The van der Waals surface area contributed by atoms with E-state index in [0.717, 1.165) is 11.1 Å². The standard InChI is InChI=1S/C11H18N2O2S/c1-3-13(16(2,14)15)9-11-7-5-4-6-10(11)8-12/h4-7H,3,8-9,12H2,1-2H3. The number of rotatable bonds is 5. The molecule has 5 heteroatoms. The summed E-state index contributed by atoms with van der Waals surface area (Å²) in [5.41, 5.74) is 7.57. The van der Waals surface area contributed by atoms with Crippen LogP contribution >= 0.6 is 0 Å². The minimum atomic E-state index is -3.15. The van der Waals surface area contributed by atoms with Crippen LogP contribution in [0.5, 0.6) is 0 Å². The fourth-order valence-electron chi connectivity index (χ4n) is 1.56. The monoisotopic (exact) mass is 242 g/mol. The van der Waals surface area contributed by atoms with Crippen molar-refractivity contribution in [3.8, 4) is 0 Å². The largest absolute Gasteiger partial charge is 0.326 e. The van der Waals surface area contributed by atoms with Crippen LogP contribution in [0.15, 0.2) is 24.3 Å². The minimum Gasteiger partial charge on any atom is -0.326 e. The molecule has 0 atom stereocenters. The van der Waals surface area contributed by atoms with E-state index in [9.17, 15) is 8.42 Å². The van der Waals surface area contributed by atoms with Crippen molar-refractivity contribution >= 4 is 10.0 Å². The Morgan fingerprint density at radius 3 is 2.25 bits per heavy atom. The van der Waals surface area contributed by atoms with Gasteiger partial charge in [-0.25, -0.2) is 8.42 Å². The SMILES string of the molecule is CCN(Cc1ccccc1CN)S(C)(=O)=O. The highest BCUT2D eigenvalue weighted by Gasteiger charge is 2.15. The van der Waals surface area contributed by atoms with Crippen molar-refractivity contribution in [1.82, 2.24) is 4.31 Å². The van der Waals surface area contributed by atoms with E-state index in [1.54, 1.807) is 0 Å². The molecule has 0 aromatic heterocycles. The van der Waals surface area contributed by atoms with Gasteiger partial charge in [-0.2, -0.15) is 4.31 Å². The molecular weight excluding hydrogens is 224 g/mol. The van der Waals surface area contributed by atoms with Crippen LogP contribution < -0.4 is 5.73 Å². The number of sulfonamides is 1. The lowest BCUT2D eigenvalue weighted by Crippen LogP contribution is -2.29. The van der Waals surface area contributed by atoms with E-state index in [2.05, 4.69) is 0 Å². The lowest BCUT2D eigenvalue weighted by atomic mass is 10.1. The van der Waals surface area contributed by atoms with Gasteiger partial charge in [0.15, 0.2) is 0 Å². The molecule has 1 aromatic rings. The van der Waals surface area contributed by atoms with E-state index in [4.69, 9.17) is 5.73 Å². The topological polar surface area (TPSA) is 63.4 Å². The molecule has 0 saturated carbocycles. The van der Waals surface area contributed by atoms with Gasteiger partial charge in [0.2, 0.25) is 10.0 Å². The number of benzene rings is 1. The van der Waals surface area contributed by atoms with Crippen molar-refractivity contribution in [3.63, 3.8) is 0 Å². The van der Waals surface area contributed by atoms with E-state index >= 15 is 0 Å². The van der Waals surface area contributed by atoms with Gasteiger partial charge in [-0.3, -0.25) is 0 Å². The van der Waals surface area contributed by atoms with Gasteiger partial charge in [-0.1, -0.05) is 31.2 Å². The van der Waals surface area contributed by atoms with Gasteiger partial charge in [0.25, 0.3) is 0 Å². The van der Waals surface area contributed by atoms with Crippen molar-refractivity contribution in [2.75, 3.05) is 12.8 Å². The third-order valence-corrected chi connectivity index (χ3v) is 3.83. The Morgan fingerprint density at radius 1 is 1.25 bits per heavy atom. The van der Waals surface area contributed by atoms with Crippen molar-refractivity contribution in [2.45, 2.75) is 20.0 Å². The summed E-state index contributed by atoms with van der Waals surface area (Å²) < 4.78 is 24.4. The van der Waals surface area contributed by atoms with E-state index in [1.165, 1.54) is 10.6 Å². The van der Waals surface area contributed by atoms with E-state index < -0.39 is 10.0 Å². The molecule has 0 spiro atoms. The molecule has 0 aliphatic carbocycles. The lowest BCUT2D eigenvalue weighted by molar-refractivity contribution is 0.426. The normalized spacial score (nSPS) is 12.0. The third-order valence-electron chi connectivity index (χ3n) is 2.51. The first-order valence-electron chi connectivity index (χ1n) is 5.21. The molecule has 16 heavy (non-hydrogen) atoms. The molecule has 0 saturated heterocycles. The molecule has 0 heterocycles. The molecule has 90 valence electrons. The first-order chi connectivity index (χ1) is 7.49. The molecule has 0 unspecified atom stereocenters. The van der Waals surface area contributed by atoms with E-state index in [-0.39, 0.29) is 0 Å². The summed E-state index contributed by atoms with van der Waals surface area (Å²) in [5, 5.41) is 0. The molecule has 2 N–H and O–H groups in total. The maximum atomic E-state index is 11.5. The predicted octanol–water partition coefficient (Wildman–Crippen LogP) is 0.927. The fraction of sp³-hybridized carbons (Fsp3) is 0.455. The molecule has 0 radical (unpaired) electrons. The van der Waals surface area contributed by atoms with Gasteiger partial charge in [0.05, 0.1) is 6.26 Å². The van der Waals surface area contributed by atoms with Gasteiger partial charge in [0, 0.05) is 19.6 Å². The summed E-state index contributed by atoms with van der Waals surface area (Å²) in [6.45, 7) is 3.12. The zero-order chi connectivity index (χ0) is 12.2. The number of nitrogens with zero attached hydrogens (tertiary/aromatic N) is 1. The van der Waals surface area contributed by atoms with Crippen molar-refractivity contribution in [2.24, 2.45) is 5.73 Å². The van der Waals surface area contributed by atoms with Crippen LogP contribution in [0.3, 0.4) is 0 Å². The van der Waals surface area contributed by atoms with Gasteiger partial charge < -0.3 is 5.73 Å². The Hall–Kier alpha value is -0.910. The molecule has 1 aromatic carbocycles. The summed E-state index contributed by atoms with van der Waals surface area (Å²) in [6.07, 6.45) is 1.22. The summed E-state index contributed by atoms with van der Waals surface area (Å²) >= 11 is 0. The van der Waals surface area contributed by atoms with Crippen LogP contribution in [0.1, 0.15) is 18.1 Å². The number of hydrogen-bond acceptors (Lipinski definition) is 3. The Labute approximate surface area is 97.1 Å². The van der Waals surface area contributed by atoms with Crippen LogP contribution in [-0.4, -0.2) is 25.5 Å². The van der Waals surface area contributed by atoms with Crippen molar-refractivity contribution < 1.29 is 8.42 Å². The molecule has 0 amide bonds. The van der Waals surface area contributed by atoms with E-state index in [0.29, 0.717) is 19.6 Å². The zero-order valence-corrected chi connectivity index (χ0v) is 10.5. The van der Waals surface area contributed by atoms with Crippen LogP contribution in [0.25, 0.3) is 0 Å². The molecule has 0 aliphatic rings. The third kappa shape index (κ3) is 3.30. The highest BCUT2D eigenvalue weighted by molar-refractivity contribution is 7.88. The molecule has 1 rings (SSSR count). The fourth-order valence-corrected chi connectivity index (χ4v) is 2.41. The summed E-state index contributed by atoms with van der Waals surface area (Å²) in [6, 6.07) is 7.63. The van der Waals surface area contributed by atoms with Crippen molar-refractivity contribution in [1.29, 1.82) is 0 Å².